The van der Waals surface area contributed by atoms with E-state index in [0.29, 0.717) is 12.8 Å². The van der Waals surface area contributed by atoms with Crippen molar-refractivity contribution in [3.8, 4) is 0 Å². The normalized spacial score (nSPS) is 29.9. The van der Waals surface area contributed by atoms with Gasteiger partial charge in [-0.3, -0.25) is 4.79 Å². The molecular formula is C10H19NO5S. The summed E-state index contributed by atoms with van der Waals surface area (Å²) in [6, 6.07) is 0. The van der Waals surface area contributed by atoms with Gasteiger partial charge in [0.25, 0.3) is 0 Å². The lowest BCUT2D eigenvalue weighted by atomic mass is 9.86. The van der Waals surface area contributed by atoms with Crippen LogP contribution in [-0.2, 0) is 24.3 Å². The molecule has 0 amide bonds. The average Bonchev–Trinajstić information content (AvgIpc) is 2.27. The maximum atomic E-state index is 11.7. The van der Waals surface area contributed by atoms with Crippen LogP contribution in [0.2, 0.25) is 0 Å². The van der Waals surface area contributed by atoms with Crippen molar-refractivity contribution in [1.82, 2.24) is 0 Å². The van der Waals surface area contributed by atoms with Gasteiger partial charge in [0.15, 0.2) is 0 Å². The summed E-state index contributed by atoms with van der Waals surface area (Å²) in [6.45, 7) is 1.98. The molecule has 1 rings (SSSR count). The van der Waals surface area contributed by atoms with Crippen molar-refractivity contribution in [1.29, 1.82) is 0 Å². The molecule has 0 radical (unpaired) electrons. The summed E-state index contributed by atoms with van der Waals surface area (Å²) < 4.78 is 32.7. The van der Waals surface area contributed by atoms with Gasteiger partial charge in [0.2, 0.25) is 10.0 Å². The maximum absolute atomic E-state index is 11.7. The molecule has 0 aromatic rings. The molecule has 0 spiro atoms. The molecule has 0 aromatic heterocycles. The molecule has 100 valence electrons. The van der Waals surface area contributed by atoms with E-state index in [-0.39, 0.29) is 19.1 Å². The van der Waals surface area contributed by atoms with Crippen LogP contribution in [0.5, 0.6) is 0 Å². The fourth-order valence-electron chi connectivity index (χ4n) is 2.18. The third-order valence-electron chi connectivity index (χ3n) is 3.10. The summed E-state index contributed by atoms with van der Waals surface area (Å²) in [5.74, 6) is -0.954. The zero-order valence-electron chi connectivity index (χ0n) is 10.1. The summed E-state index contributed by atoms with van der Waals surface area (Å²) in [5.41, 5.74) is 0. The molecule has 1 saturated carbocycles. The predicted octanol–water partition coefficient (Wildman–Crippen LogP) is 0.0217. The van der Waals surface area contributed by atoms with E-state index in [9.17, 15) is 13.2 Å². The Morgan fingerprint density at radius 2 is 2.06 bits per heavy atom. The van der Waals surface area contributed by atoms with E-state index in [1.807, 2.05) is 0 Å². The molecule has 1 aliphatic rings. The van der Waals surface area contributed by atoms with Crippen LogP contribution in [0.3, 0.4) is 0 Å². The molecule has 3 atom stereocenters. The number of hydrogen-bond acceptors (Lipinski definition) is 5. The number of carbonyl (C=O) groups is 1. The lowest BCUT2D eigenvalue weighted by molar-refractivity contribution is -0.154. The van der Waals surface area contributed by atoms with Gasteiger partial charge in [0.1, 0.15) is 0 Å². The highest BCUT2D eigenvalue weighted by atomic mass is 32.2. The van der Waals surface area contributed by atoms with E-state index in [1.165, 1.54) is 7.11 Å². The average molecular weight is 265 g/mol. The quantitative estimate of drug-likeness (QED) is 0.723. The predicted molar refractivity (Wildman–Crippen MR) is 61.7 cm³/mol. The Hall–Kier alpha value is -0.660. The van der Waals surface area contributed by atoms with E-state index < -0.39 is 27.2 Å². The topological polar surface area (TPSA) is 95.7 Å². The SMILES string of the molecule is CCOC(=O)C1CC(S(N)(=O)=O)CCC1OC. The van der Waals surface area contributed by atoms with Gasteiger partial charge in [0.05, 0.1) is 23.9 Å². The van der Waals surface area contributed by atoms with Crippen molar-refractivity contribution in [2.75, 3.05) is 13.7 Å². The molecule has 0 heterocycles. The second-order valence-corrected chi connectivity index (χ2v) is 6.00. The van der Waals surface area contributed by atoms with Crippen molar-refractivity contribution < 1.29 is 22.7 Å². The fourth-order valence-corrected chi connectivity index (χ4v) is 3.12. The van der Waals surface area contributed by atoms with Gasteiger partial charge in [-0.25, -0.2) is 13.6 Å². The second kappa shape index (κ2) is 5.79. The Labute approximate surface area is 102 Å². The van der Waals surface area contributed by atoms with Crippen LogP contribution in [0.15, 0.2) is 0 Å². The van der Waals surface area contributed by atoms with Gasteiger partial charge in [0, 0.05) is 7.11 Å². The Morgan fingerprint density at radius 1 is 1.41 bits per heavy atom. The number of ether oxygens (including phenoxy) is 2. The van der Waals surface area contributed by atoms with Crippen LogP contribution < -0.4 is 5.14 Å². The standard InChI is InChI=1S/C10H19NO5S/c1-3-16-10(12)8-6-7(17(11,13)14)4-5-9(8)15-2/h7-9H,3-6H2,1-2H3,(H2,11,13,14). The van der Waals surface area contributed by atoms with Gasteiger partial charge in [-0.15, -0.1) is 0 Å². The van der Waals surface area contributed by atoms with Crippen molar-refractivity contribution in [3.05, 3.63) is 0 Å². The largest absolute Gasteiger partial charge is 0.466 e. The molecule has 0 bridgehead atoms. The lowest BCUT2D eigenvalue weighted by Crippen LogP contribution is -2.43. The first-order chi connectivity index (χ1) is 7.90. The Kier molecular flexibility index (Phi) is 4.91. The minimum Gasteiger partial charge on any atom is -0.466 e. The molecule has 3 unspecified atom stereocenters. The number of nitrogens with two attached hydrogens (primary N) is 1. The van der Waals surface area contributed by atoms with Crippen LogP contribution in [0.4, 0.5) is 0 Å². The van der Waals surface area contributed by atoms with Crippen molar-refractivity contribution in [2.45, 2.75) is 37.5 Å². The summed E-state index contributed by atoms with van der Waals surface area (Å²) >= 11 is 0. The number of primary sulfonamides is 1. The first kappa shape index (κ1) is 14.4. The Bertz CT molecular complexity index is 367. The number of methoxy groups -OCH3 is 1. The highest BCUT2D eigenvalue weighted by Crippen LogP contribution is 2.30. The van der Waals surface area contributed by atoms with E-state index in [1.54, 1.807) is 6.92 Å². The molecule has 0 aliphatic heterocycles. The first-order valence-corrected chi connectivity index (χ1v) is 7.22. The summed E-state index contributed by atoms with van der Waals surface area (Å²) in [7, 11) is -2.09. The van der Waals surface area contributed by atoms with Gasteiger partial charge < -0.3 is 9.47 Å². The minimum atomic E-state index is -3.60. The van der Waals surface area contributed by atoms with E-state index in [2.05, 4.69) is 0 Å². The van der Waals surface area contributed by atoms with Crippen LogP contribution in [0.25, 0.3) is 0 Å². The molecule has 0 aromatic carbocycles. The molecule has 1 aliphatic carbocycles. The smallest absolute Gasteiger partial charge is 0.311 e. The summed E-state index contributed by atoms with van der Waals surface area (Å²) in [5, 5.41) is 4.44. The molecule has 17 heavy (non-hydrogen) atoms. The highest BCUT2D eigenvalue weighted by Gasteiger charge is 2.40. The third kappa shape index (κ3) is 3.65. The number of hydrogen-bond donors (Lipinski definition) is 1. The molecule has 7 heteroatoms. The van der Waals surface area contributed by atoms with E-state index >= 15 is 0 Å². The summed E-state index contributed by atoms with van der Waals surface area (Å²) in [6.07, 6.45) is 0.817. The number of sulfonamides is 1. The van der Waals surface area contributed by atoms with Crippen molar-refractivity contribution in [2.24, 2.45) is 11.1 Å². The van der Waals surface area contributed by atoms with Gasteiger partial charge >= 0.3 is 5.97 Å². The van der Waals surface area contributed by atoms with Gasteiger partial charge in [-0.05, 0) is 26.2 Å². The number of carbonyl (C=O) groups excluding carboxylic acids is 1. The molecule has 0 saturated heterocycles. The molecule has 1 fully saturated rings. The Morgan fingerprint density at radius 3 is 2.53 bits per heavy atom. The monoisotopic (exact) mass is 265 g/mol. The van der Waals surface area contributed by atoms with Crippen LogP contribution in [0.1, 0.15) is 26.2 Å². The number of rotatable bonds is 4. The van der Waals surface area contributed by atoms with Crippen LogP contribution in [0, 0.1) is 5.92 Å². The maximum Gasteiger partial charge on any atom is 0.311 e. The van der Waals surface area contributed by atoms with Crippen LogP contribution >= 0.6 is 0 Å². The van der Waals surface area contributed by atoms with Crippen molar-refractivity contribution >= 4 is 16.0 Å². The van der Waals surface area contributed by atoms with Crippen LogP contribution in [-0.4, -0.2) is 39.5 Å². The van der Waals surface area contributed by atoms with Crippen molar-refractivity contribution in [3.63, 3.8) is 0 Å². The second-order valence-electron chi connectivity index (χ2n) is 4.16. The molecule has 2 N–H and O–H groups in total. The van der Waals surface area contributed by atoms with Gasteiger partial charge in [-0.1, -0.05) is 0 Å². The molecule has 6 nitrogen and oxygen atoms in total. The number of esters is 1. The minimum absolute atomic E-state index is 0.177. The summed E-state index contributed by atoms with van der Waals surface area (Å²) in [4.78, 5) is 11.7. The highest BCUT2D eigenvalue weighted by molar-refractivity contribution is 7.89. The van der Waals surface area contributed by atoms with E-state index in [0.717, 1.165) is 0 Å². The zero-order valence-corrected chi connectivity index (χ0v) is 10.9. The lowest BCUT2D eigenvalue weighted by Gasteiger charge is -2.32. The third-order valence-corrected chi connectivity index (χ3v) is 4.45. The molecular weight excluding hydrogens is 246 g/mol. The van der Waals surface area contributed by atoms with Gasteiger partial charge in [-0.2, -0.15) is 0 Å². The fraction of sp³-hybridized carbons (Fsp3) is 0.900. The Balaban J connectivity index is 2.78. The van der Waals surface area contributed by atoms with E-state index in [4.69, 9.17) is 14.6 Å². The first-order valence-electron chi connectivity index (χ1n) is 5.61. The zero-order chi connectivity index (χ0) is 13.1.